The van der Waals surface area contributed by atoms with Crippen LogP contribution in [0, 0.1) is 10.8 Å². The molecule has 226 valence electrons. The van der Waals surface area contributed by atoms with Gasteiger partial charge in [0.15, 0.2) is 12.0 Å². The van der Waals surface area contributed by atoms with Gasteiger partial charge >= 0.3 is 0 Å². The largest absolute Gasteiger partial charge is 0.351 e. The highest BCUT2D eigenvalue weighted by Crippen LogP contribution is 2.41. The molecule has 1 heterocycles. The van der Waals surface area contributed by atoms with Crippen LogP contribution >= 0.6 is 0 Å². The molecule has 0 bridgehead atoms. The highest BCUT2D eigenvalue weighted by molar-refractivity contribution is 5.96. The number of halogens is 1. The van der Waals surface area contributed by atoms with Crippen molar-refractivity contribution >= 4 is 30.2 Å². The first-order valence-electron chi connectivity index (χ1n) is 13.7. The first-order chi connectivity index (χ1) is 19.7. The molecule has 0 spiro atoms. The average Bonchev–Trinajstić information content (AvgIpc) is 2.91. The van der Waals surface area contributed by atoms with Crippen LogP contribution in [-0.2, 0) is 19.2 Å². The molecule has 10 heteroatoms. The fourth-order valence-corrected chi connectivity index (χ4v) is 4.16. The minimum Gasteiger partial charge on any atom is -0.351 e. The standard InChI is InChI=1S/C32H41FN4O5/c1-23-26(17-9-7-6-8-10-18-34-23)36-27(39)20-32(33,22-38)25-15-11-13-24(14-12-16-25)29(41)35-21-31(4,5)30(2,3)19-28(40)37-42/h7-11,13-14,16-18,22,42H,1,6,12,15,19-21H2,2-5H3,(H,35,41)(H,36,39)(H,37,40)/b9-7-,10-8-,13-11-,24-14+,25-16+,26-17+,34-18?. The Morgan fingerprint density at radius 1 is 1.02 bits per heavy atom. The van der Waals surface area contributed by atoms with Gasteiger partial charge in [-0.25, -0.2) is 9.87 Å². The second kappa shape index (κ2) is 15.2. The monoisotopic (exact) mass is 580 g/mol. The minimum atomic E-state index is -2.54. The van der Waals surface area contributed by atoms with Crippen LogP contribution in [0.3, 0.4) is 0 Å². The molecule has 1 aliphatic heterocycles. The van der Waals surface area contributed by atoms with Crippen LogP contribution in [0.5, 0.6) is 0 Å². The Balaban J connectivity index is 2.08. The van der Waals surface area contributed by atoms with Crippen molar-refractivity contribution in [3.05, 3.63) is 83.8 Å². The molecule has 1 unspecified atom stereocenters. The van der Waals surface area contributed by atoms with E-state index in [9.17, 15) is 19.2 Å². The lowest BCUT2D eigenvalue weighted by Crippen LogP contribution is -2.45. The van der Waals surface area contributed by atoms with Gasteiger partial charge in [-0.05, 0) is 47.8 Å². The van der Waals surface area contributed by atoms with Gasteiger partial charge in [-0.2, -0.15) is 0 Å². The normalized spacial score (nSPS) is 23.5. The summed E-state index contributed by atoms with van der Waals surface area (Å²) in [4.78, 5) is 53.5. The number of rotatable bonds is 11. The topological polar surface area (TPSA) is 137 Å². The molecule has 0 aromatic carbocycles. The van der Waals surface area contributed by atoms with Crippen LogP contribution in [0.15, 0.2) is 88.8 Å². The Morgan fingerprint density at radius 2 is 1.74 bits per heavy atom. The van der Waals surface area contributed by atoms with E-state index in [2.05, 4.69) is 22.2 Å². The molecular formula is C32H41FN4O5. The van der Waals surface area contributed by atoms with Gasteiger partial charge < -0.3 is 10.6 Å². The number of alkyl halides is 1. The molecule has 0 saturated carbocycles. The van der Waals surface area contributed by atoms with Gasteiger partial charge in [-0.15, -0.1) is 0 Å². The third kappa shape index (κ3) is 9.73. The fourth-order valence-electron chi connectivity index (χ4n) is 4.16. The molecule has 0 fully saturated rings. The van der Waals surface area contributed by atoms with E-state index < -0.39 is 34.7 Å². The van der Waals surface area contributed by atoms with Crippen LogP contribution in [-0.4, -0.2) is 47.6 Å². The van der Waals surface area contributed by atoms with Gasteiger partial charge in [0.05, 0.1) is 17.8 Å². The number of carbonyl (C=O) groups is 4. The molecule has 1 aliphatic carbocycles. The van der Waals surface area contributed by atoms with E-state index in [0.717, 1.165) is 0 Å². The third-order valence-corrected chi connectivity index (χ3v) is 7.70. The number of hydroxylamine groups is 1. The quantitative estimate of drug-likeness (QED) is 0.122. The number of allylic oxidation sites excluding steroid dienone is 9. The van der Waals surface area contributed by atoms with Gasteiger partial charge in [0.2, 0.25) is 11.8 Å². The summed E-state index contributed by atoms with van der Waals surface area (Å²) >= 11 is 0. The maximum atomic E-state index is 15.9. The fraction of sp³-hybridized carbons (Fsp3) is 0.406. The Kier molecular flexibility index (Phi) is 12.3. The number of nitrogens with zero attached hydrogens (tertiary/aromatic N) is 1. The van der Waals surface area contributed by atoms with Crippen LogP contribution in [0.1, 0.15) is 59.8 Å². The van der Waals surface area contributed by atoms with E-state index in [1.807, 2.05) is 39.8 Å². The lowest BCUT2D eigenvalue weighted by molar-refractivity contribution is -0.133. The van der Waals surface area contributed by atoms with E-state index >= 15 is 4.39 Å². The zero-order valence-electron chi connectivity index (χ0n) is 24.7. The molecule has 9 nitrogen and oxygen atoms in total. The molecule has 2 rings (SSSR count). The van der Waals surface area contributed by atoms with Crippen molar-refractivity contribution in [2.75, 3.05) is 6.54 Å². The summed E-state index contributed by atoms with van der Waals surface area (Å²) in [6, 6.07) is 0. The average molecular weight is 581 g/mol. The van der Waals surface area contributed by atoms with Crippen molar-refractivity contribution in [1.29, 1.82) is 0 Å². The van der Waals surface area contributed by atoms with Gasteiger partial charge in [0, 0.05) is 24.8 Å². The third-order valence-electron chi connectivity index (χ3n) is 7.70. The van der Waals surface area contributed by atoms with Crippen LogP contribution < -0.4 is 16.1 Å². The summed E-state index contributed by atoms with van der Waals surface area (Å²) < 4.78 is 15.9. The number of nitrogens with one attached hydrogen (secondary N) is 3. The van der Waals surface area contributed by atoms with Crippen LogP contribution in [0.2, 0.25) is 0 Å². The molecule has 2 aliphatic rings. The van der Waals surface area contributed by atoms with Crippen molar-refractivity contribution in [1.82, 2.24) is 16.1 Å². The Morgan fingerprint density at radius 3 is 2.43 bits per heavy atom. The van der Waals surface area contributed by atoms with Crippen molar-refractivity contribution in [3.8, 4) is 0 Å². The summed E-state index contributed by atoms with van der Waals surface area (Å²) in [5, 5.41) is 14.4. The zero-order valence-corrected chi connectivity index (χ0v) is 24.7. The van der Waals surface area contributed by atoms with Gasteiger partial charge in [0.1, 0.15) is 0 Å². The lowest BCUT2D eigenvalue weighted by Gasteiger charge is -2.41. The number of amides is 3. The summed E-state index contributed by atoms with van der Waals surface area (Å²) in [6.07, 6.45) is 17.0. The van der Waals surface area contributed by atoms with Gasteiger partial charge in [0.25, 0.3) is 5.91 Å². The summed E-state index contributed by atoms with van der Waals surface area (Å²) in [5.74, 6) is -1.56. The smallest absolute Gasteiger partial charge is 0.250 e. The van der Waals surface area contributed by atoms with Crippen molar-refractivity contribution in [2.45, 2.75) is 65.5 Å². The Hall–Kier alpha value is -4.18. The van der Waals surface area contributed by atoms with Crippen LogP contribution in [0.4, 0.5) is 4.39 Å². The second-order valence-corrected chi connectivity index (χ2v) is 11.5. The maximum absolute atomic E-state index is 15.9. The van der Waals surface area contributed by atoms with Gasteiger partial charge in [-0.1, -0.05) is 76.8 Å². The van der Waals surface area contributed by atoms with E-state index in [-0.39, 0.29) is 49.3 Å². The first-order valence-corrected chi connectivity index (χ1v) is 13.7. The number of carbonyl (C=O) groups excluding carboxylic acids is 4. The van der Waals surface area contributed by atoms with E-state index in [1.54, 1.807) is 48.2 Å². The predicted molar refractivity (Wildman–Crippen MR) is 161 cm³/mol. The van der Waals surface area contributed by atoms with Crippen molar-refractivity contribution < 1.29 is 28.8 Å². The van der Waals surface area contributed by atoms with Crippen LogP contribution in [0.25, 0.3) is 0 Å². The molecule has 42 heavy (non-hydrogen) atoms. The maximum Gasteiger partial charge on any atom is 0.250 e. The second-order valence-electron chi connectivity index (χ2n) is 11.5. The van der Waals surface area contributed by atoms with E-state index in [0.29, 0.717) is 17.7 Å². The first kappa shape index (κ1) is 34.0. The summed E-state index contributed by atoms with van der Waals surface area (Å²) in [7, 11) is 0. The summed E-state index contributed by atoms with van der Waals surface area (Å²) in [5.41, 5.74) is -0.880. The lowest BCUT2D eigenvalue weighted by atomic mass is 9.66. The number of hydrogen-bond acceptors (Lipinski definition) is 6. The molecular weight excluding hydrogens is 539 g/mol. The zero-order chi connectivity index (χ0) is 31.4. The molecule has 1 atom stereocenters. The van der Waals surface area contributed by atoms with Crippen molar-refractivity contribution in [3.63, 3.8) is 0 Å². The Bertz CT molecular complexity index is 1280. The predicted octanol–water partition coefficient (Wildman–Crippen LogP) is 4.65. The molecule has 0 aromatic heterocycles. The molecule has 0 radical (unpaired) electrons. The number of aldehydes is 1. The summed E-state index contributed by atoms with van der Waals surface area (Å²) in [6.45, 7) is 11.7. The Labute approximate surface area is 246 Å². The molecule has 0 aromatic rings. The SMILES string of the molecule is C=C1N=C/C=C\C/C=C\C=C/1NC(=O)CC(F)(C=O)/C1=C/C/C=C(C(=O)NCC(C)(C)C(C)(C)CC(=O)NO)\C=C/C1. The molecule has 4 N–H and O–H groups in total. The van der Waals surface area contributed by atoms with E-state index in [4.69, 9.17) is 5.21 Å². The minimum absolute atomic E-state index is 0.0245. The highest BCUT2D eigenvalue weighted by atomic mass is 19.1. The molecule has 3 amide bonds. The number of hydrogen-bond donors (Lipinski definition) is 4. The van der Waals surface area contributed by atoms with E-state index in [1.165, 1.54) is 6.08 Å². The van der Waals surface area contributed by atoms with Crippen molar-refractivity contribution in [2.24, 2.45) is 15.8 Å². The van der Waals surface area contributed by atoms with Gasteiger partial charge in [-0.3, -0.25) is 29.4 Å². The highest BCUT2D eigenvalue weighted by Gasteiger charge is 2.39. The molecule has 0 saturated heterocycles. The number of aliphatic imine (C=N–C) groups is 1.